The zero-order chi connectivity index (χ0) is 19.9. The molecule has 0 aliphatic rings. The van der Waals surface area contributed by atoms with Crippen molar-refractivity contribution in [1.82, 2.24) is 4.98 Å². The molecule has 0 spiro atoms. The Morgan fingerprint density at radius 3 is 2.50 bits per heavy atom. The number of carbonyl (C=O) groups excluding carboxylic acids is 2. The SMILES string of the molecule is Cc1ccccc1C(=O)Nc1cccc(SC(C)C(=O)Nc2ccccn2)c1. The Balaban J connectivity index is 1.63. The normalized spacial score (nSPS) is 11.5. The van der Waals surface area contributed by atoms with Crippen molar-refractivity contribution in [3.8, 4) is 0 Å². The minimum absolute atomic E-state index is 0.127. The molecule has 28 heavy (non-hydrogen) atoms. The topological polar surface area (TPSA) is 71.1 Å². The van der Waals surface area contributed by atoms with E-state index in [9.17, 15) is 9.59 Å². The van der Waals surface area contributed by atoms with Crippen molar-refractivity contribution < 1.29 is 9.59 Å². The Hall–Kier alpha value is -3.12. The summed E-state index contributed by atoms with van der Waals surface area (Å²) in [4.78, 5) is 29.8. The molecule has 0 radical (unpaired) electrons. The maximum absolute atomic E-state index is 12.5. The Labute approximate surface area is 168 Å². The first-order valence-corrected chi connectivity index (χ1v) is 9.76. The lowest BCUT2D eigenvalue weighted by molar-refractivity contribution is -0.115. The Kier molecular flexibility index (Phi) is 6.45. The molecule has 1 unspecified atom stereocenters. The number of aryl methyl sites for hydroxylation is 1. The fourth-order valence-corrected chi connectivity index (χ4v) is 3.52. The number of hydrogen-bond acceptors (Lipinski definition) is 4. The van der Waals surface area contributed by atoms with Gasteiger partial charge in [-0.1, -0.05) is 30.3 Å². The quantitative estimate of drug-likeness (QED) is 0.594. The van der Waals surface area contributed by atoms with Crippen LogP contribution in [0.5, 0.6) is 0 Å². The largest absolute Gasteiger partial charge is 0.322 e. The van der Waals surface area contributed by atoms with E-state index in [1.807, 2.05) is 62.4 Å². The number of aromatic nitrogens is 1. The smallest absolute Gasteiger partial charge is 0.255 e. The number of anilines is 2. The van der Waals surface area contributed by atoms with Crippen molar-refractivity contribution in [3.63, 3.8) is 0 Å². The van der Waals surface area contributed by atoms with Gasteiger partial charge in [-0.05, 0) is 55.8 Å². The molecule has 0 aliphatic carbocycles. The predicted octanol–water partition coefficient (Wildman–Crippen LogP) is 4.76. The molecule has 2 N–H and O–H groups in total. The van der Waals surface area contributed by atoms with Crippen LogP contribution < -0.4 is 10.6 Å². The van der Waals surface area contributed by atoms with E-state index in [4.69, 9.17) is 0 Å². The van der Waals surface area contributed by atoms with E-state index >= 15 is 0 Å². The monoisotopic (exact) mass is 391 g/mol. The van der Waals surface area contributed by atoms with Crippen molar-refractivity contribution in [2.75, 3.05) is 10.6 Å². The summed E-state index contributed by atoms with van der Waals surface area (Å²) < 4.78 is 0. The minimum atomic E-state index is -0.315. The summed E-state index contributed by atoms with van der Waals surface area (Å²) in [6.45, 7) is 3.74. The molecule has 1 heterocycles. The molecule has 0 aliphatic heterocycles. The maximum Gasteiger partial charge on any atom is 0.255 e. The lowest BCUT2D eigenvalue weighted by Crippen LogP contribution is -2.22. The van der Waals surface area contributed by atoms with E-state index < -0.39 is 0 Å². The molecule has 3 rings (SSSR count). The molecular weight excluding hydrogens is 370 g/mol. The van der Waals surface area contributed by atoms with Crippen molar-refractivity contribution in [1.29, 1.82) is 0 Å². The van der Waals surface area contributed by atoms with Crippen LogP contribution in [0, 0.1) is 6.92 Å². The van der Waals surface area contributed by atoms with Gasteiger partial charge in [0.2, 0.25) is 5.91 Å². The zero-order valence-corrected chi connectivity index (χ0v) is 16.5. The van der Waals surface area contributed by atoms with Crippen LogP contribution in [0.25, 0.3) is 0 Å². The van der Waals surface area contributed by atoms with E-state index in [1.165, 1.54) is 11.8 Å². The highest BCUT2D eigenvalue weighted by Gasteiger charge is 2.15. The Morgan fingerprint density at radius 1 is 0.964 bits per heavy atom. The summed E-state index contributed by atoms with van der Waals surface area (Å²) in [7, 11) is 0. The van der Waals surface area contributed by atoms with Crippen molar-refractivity contribution in [2.45, 2.75) is 24.0 Å². The second-order valence-corrected chi connectivity index (χ2v) is 7.68. The van der Waals surface area contributed by atoms with E-state index in [-0.39, 0.29) is 17.1 Å². The highest BCUT2D eigenvalue weighted by Crippen LogP contribution is 2.26. The highest BCUT2D eigenvalue weighted by molar-refractivity contribution is 8.00. The number of rotatable bonds is 6. The third kappa shape index (κ3) is 5.20. The molecule has 1 aromatic heterocycles. The van der Waals surface area contributed by atoms with Gasteiger partial charge in [-0.2, -0.15) is 0 Å². The van der Waals surface area contributed by atoms with Gasteiger partial charge in [-0.15, -0.1) is 11.8 Å². The van der Waals surface area contributed by atoms with Gasteiger partial charge < -0.3 is 10.6 Å². The highest BCUT2D eigenvalue weighted by atomic mass is 32.2. The van der Waals surface area contributed by atoms with Gasteiger partial charge in [0.05, 0.1) is 5.25 Å². The van der Waals surface area contributed by atoms with Gasteiger partial charge in [0.25, 0.3) is 5.91 Å². The number of pyridine rings is 1. The lowest BCUT2D eigenvalue weighted by Gasteiger charge is -2.13. The van der Waals surface area contributed by atoms with Crippen LogP contribution in [-0.2, 0) is 4.79 Å². The summed E-state index contributed by atoms with van der Waals surface area (Å²) >= 11 is 1.42. The van der Waals surface area contributed by atoms with Crippen molar-refractivity contribution in [2.24, 2.45) is 0 Å². The average Bonchev–Trinajstić information content (AvgIpc) is 2.69. The molecule has 0 saturated heterocycles. The second kappa shape index (κ2) is 9.19. The number of carbonyl (C=O) groups is 2. The molecule has 1 atom stereocenters. The first kappa shape index (κ1) is 19.6. The van der Waals surface area contributed by atoms with Crippen LogP contribution in [0.1, 0.15) is 22.8 Å². The number of nitrogens with one attached hydrogen (secondary N) is 2. The number of amides is 2. The molecule has 2 aromatic carbocycles. The average molecular weight is 391 g/mol. The van der Waals surface area contributed by atoms with Gasteiger partial charge in [0.15, 0.2) is 0 Å². The maximum atomic E-state index is 12.5. The second-order valence-electron chi connectivity index (χ2n) is 6.26. The number of hydrogen-bond donors (Lipinski definition) is 2. The molecule has 0 saturated carbocycles. The molecule has 6 heteroatoms. The Bertz CT molecular complexity index is 976. The Morgan fingerprint density at radius 2 is 1.75 bits per heavy atom. The summed E-state index contributed by atoms with van der Waals surface area (Å²) in [5.41, 5.74) is 2.25. The molecule has 142 valence electrons. The summed E-state index contributed by atoms with van der Waals surface area (Å²) in [6.07, 6.45) is 1.63. The van der Waals surface area contributed by atoms with Crippen LogP contribution in [0.15, 0.2) is 77.8 Å². The number of benzene rings is 2. The molecule has 0 bridgehead atoms. The molecule has 2 amide bonds. The molecule has 5 nitrogen and oxygen atoms in total. The molecule has 0 fully saturated rings. The van der Waals surface area contributed by atoms with Gasteiger partial charge in [0, 0.05) is 22.3 Å². The van der Waals surface area contributed by atoms with Crippen LogP contribution in [0.4, 0.5) is 11.5 Å². The zero-order valence-electron chi connectivity index (χ0n) is 15.7. The summed E-state index contributed by atoms with van der Waals surface area (Å²) in [5, 5.41) is 5.40. The van der Waals surface area contributed by atoms with E-state index in [1.54, 1.807) is 24.4 Å². The van der Waals surface area contributed by atoms with Crippen LogP contribution >= 0.6 is 11.8 Å². The lowest BCUT2D eigenvalue weighted by atomic mass is 10.1. The van der Waals surface area contributed by atoms with Gasteiger partial charge in [-0.25, -0.2) is 4.98 Å². The van der Waals surface area contributed by atoms with Crippen molar-refractivity contribution >= 4 is 35.1 Å². The summed E-state index contributed by atoms with van der Waals surface area (Å²) in [5.74, 6) is 0.249. The van der Waals surface area contributed by atoms with Crippen LogP contribution in [0.2, 0.25) is 0 Å². The fourth-order valence-electron chi connectivity index (χ4n) is 2.60. The number of nitrogens with zero attached hydrogens (tertiary/aromatic N) is 1. The first-order chi connectivity index (χ1) is 13.5. The number of thioether (sulfide) groups is 1. The van der Waals surface area contributed by atoms with Crippen molar-refractivity contribution in [3.05, 3.63) is 84.1 Å². The third-order valence-corrected chi connectivity index (χ3v) is 5.17. The van der Waals surface area contributed by atoms with E-state index in [2.05, 4.69) is 15.6 Å². The fraction of sp³-hybridized carbons (Fsp3) is 0.136. The third-order valence-electron chi connectivity index (χ3n) is 4.08. The van der Waals surface area contributed by atoms with Crippen LogP contribution in [-0.4, -0.2) is 22.0 Å². The molecule has 3 aromatic rings. The van der Waals surface area contributed by atoms with E-state index in [0.29, 0.717) is 17.1 Å². The van der Waals surface area contributed by atoms with E-state index in [0.717, 1.165) is 10.5 Å². The predicted molar refractivity (Wildman–Crippen MR) is 114 cm³/mol. The minimum Gasteiger partial charge on any atom is -0.322 e. The van der Waals surface area contributed by atoms with Gasteiger partial charge >= 0.3 is 0 Å². The molecular formula is C22H21N3O2S. The first-order valence-electron chi connectivity index (χ1n) is 8.88. The van der Waals surface area contributed by atoms with Crippen LogP contribution in [0.3, 0.4) is 0 Å². The standard InChI is InChI=1S/C22H21N3O2S/c1-15-8-3-4-11-19(15)22(27)24-17-9-7-10-18(14-17)28-16(2)21(26)25-20-12-5-6-13-23-20/h3-14,16H,1-2H3,(H,24,27)(H,23,25,26). The van der Waals surface area contributed by atoms with Gasteiger partial charge in [-0.3, -0.25) is 9.59 Å². The summed E-state index contributed by atoms with van der Waals surface area (Å²) in [6, 6.07) is 20.3. The van der Waals surface area contributed by atoms with Gasteiger partial charge in [0.1, 0.15) is 5.82 Å².